The van der Waals surface area contributed by atoms with Crippen molar-refractivity contribution in [3.8, 4) is 23.0 Å². The van der Waals surface area contributed by atoms with Crippen LogP contribution in [0, 0.1) is 5.92 Å². The molecule has 0 N–H and O–H groups in total. The topological polar surface area (TPSA) is 36.9 Å². The molecule has 0 unspecified atom stereocenters. The number of benzene rings is 5. The van der Waals surface area contributed by atoms with Gasteiger partial charge in [0, 0.05) is 5.41 Å². The van der Waals surface area contributed by atoms with Crippen LogP contribution in [0.1, 0.15) is 68.0 Å². The Morgan fingerprint density at radius 3 is 1.50 bits per heavy atom. The molecule has 0 heterocycles. The van der Waals surface area contributed by atoms with Crippen LogP contribution >= 0.6 is 0 Å². The molecule has 5 aromatic carbocycles. The van der Waals surface area contributed by atoms with Crippen molar-refractivity contribution >= 4 is 5.57 Å². The molecule has 0 aliphatic heterocycles. The molecule has 0 radical (unpaired) electrons. The van der Waals surface area contributed by atoms with Gasteiger partial charge in [-0.05, 0) is 106 Å². The van der Waals surface area contributed by atoms with E-state index in [1.807, 2.05) is 24.3 Å². The summed E-state index contributed by atoms with van der Waals surface area (Å²) in [5, 5.41) is 0. The summed E-state index contributed by atoms with van der Waals surface area (Å²) in [6, 6.07) is 42.6. The second-order valence-electron chi connectivity index (χ2n) is 13.6. The summed E-state index contributed by atoms with van der Waals surface area (Å²) in [6.07, 6.45) is 4.46. The third-order valence-corrected chi connectivity index (χ3v) is 10.0. The first-order chi connectivity index (χ1) is 24.2. The number of hydrogen-bond acceptors (Lipinski definition) is 4. The molecule has 256 valence electrons. The molecule has 0 saturated carbocycles. The molecule has 0 bridgehead atoms. The van der Waals surface area contributed by atoms with Gasteiger partial charge in [-0.15, -0.1) is 0 Å². The Balaban J connectivity index is 1.20. The molecule has 4 nitrogen and oxygen atoms in total. The van der Waals surface area contributed by atoms with Crippen molar-refractivity contribution in [2.75, 3.05) is 27.4 Å². The fourth-order valence-corrected chi connectivity index (χ4v) is 7.43. The number of ether oxygens (including phenoxy) is 4. The average Bonchev–Trinajstić information content (AvgIpc) is 3.44. The van der Waals surface area contributed by atoms with Crippen molar-refractivity contribution in [1.29, 1.82) is 0 Å². The van der Waals surface area contributed by atoms with Crippen LogP contribution in [0.5, 0.6) is 23.0 Å². The molecule has 0 fully saturated rings. The average molecular weight is 665 g/mol. The van der Waals surface area contributed by atoms with Gasteiger partial charge < -0.3 is 18.9 Å². The van der Waals surface area contributed by atoms with Crippen molar-refractivity contribution in [3.63, 3.8) is 0 Å². The molecule has 50 heavy (non-hydrogen) atoms. The standard InChI is InChI=1S/C46H48O4/c1-8-11-43-44(32(2)3)41-12-9-10-13-42(41)46(43,35-18-24-38(48-7)25-19-35)36-20-28-40(29-21-36)50-31-30-49-39-26-16-34(17-27-39)45(4,5)33-14-22-37(47-6)23-15-33/h8-29,32H,30-31H2,1-7H3/b11-8-/t46-/m0/s1. The van der Waals surface area contributed by atoms with Gasteiger partial charge in [0.15, 0.2) is 0 Å². The Kier molecular flexibility index (Phi) is 10.2. The molecule has 4 heteroatoms. The Bertz CT molecular complexity index is 1950. The van der Waals surface area contributed by atoms with Crippen molar-refractivity contribution in [1.82, 2.24) is 0 Å². The predicted molar refractivity (Wildman–Crippen MR) is 205 cm³/mol. The normalized spacial score (nSPS) is 15.8. The molecule has 6 rings (SSSR count). The van der Waals surface area contributed by atoms with Gasteiger partial charge in [-0.3, -0.25) is 0 Å². The summed E-state index contributed by atoms with van der Waals surface area (Å²) < 4.78 is 23.2. The van der Waals surface area contributed by atoms with E-state index in [0.29, 0.717) is 19.1 Å². The second-order valence-corrected chi connectivity index (χ2v) is 13.6. The Morgan fingerprint density at radius 2 is 1.04 bits per heavy atom. The summed E-state index contributed by atoms with van der Waals surface area (Å²) in [4.78, 5) is 0. The molecule has 0 amide bonds. The van der Waals surface area contributed by atoms with Crippen LogP contribution in [0.4, 0.5) is 0 Å². The van der Waals surface area contributed by atoms with Crippen LogP contribution in [0.15, 0.2) is 139 Å². The van der Waals surface area contributed by atoms with Crippen molar-refractivity contribution in [2.24, 2.45) is 5.92 Å². The van der Waals surface area contributed by atoms with Gasteiger partial charge in [0.05, 0.1) is 19.6 Å². The molecule has 1 aliphatic rings. The maximum absolute atomic E-state index is 6.19. The fourth-order valence-electron chi connectivity index (χ4n) is 7.43. The van der Waals surface area contributed by atoms with E-state index in [1.165, 1.54) is 44.5 Å². The van der Waals surface area contributed by atoms with Crippen molar-refractivity contribution in [2.45, 2.75) is 45.4 Å². The molecule has 0 saturated heterocycles. The third-order valence-electron chi connectivity index (χ3n) is 10.0. The summed E-state index contributed by atoms with van der Waals surface area (Å²) in [5.74, 6) is 3.69. The number of rotatable bonds is 13. The van der Waals surface area contributed by atoms with Gasteiger partial charge in [-0.25, -0.2) is 0 Å². The highest BCUT2D eigenvalue weighted by Crippen LogP contribution is 2.56. The van der Waals surface area contributed by atoms with Crippen molar-refractivity contribution < 1.29 is 18.9 Å². The SMILES string of the molecule is C/C=C\C1=C(C(C)C)c2ccccc2[C@]1(c1ccc(OC)cc1)c1ccc(OCCOc2ccc(C(C)(C)c3ccc(OC)cc3)cc2)cc1. The zero-order valence-electron chi connectivity index (χ0n) is 30.3. The van der Waals surface area contributed by atoms with Crippen LogP contribution < -0.4 is 18.9 Å². The molecule has 1 aliphatic carbocycles. The lowest BCUT2D eigenvalue weighted by atomic mass is 9.66. The van der Waals surface area contributed by atoms with Gasteiger partial charge in [0.2, 0.25) is 0 Å². The maximum Gasteiger partial charge on any atom is 0.122 e. The zero-order chi connectivity index (χ0) is 35.3. The van der Waals surface area contributed by atoms with Gasteiger partial charge in [-0.1, -0.05) is 113 Å². The molecule has 1 atom stereocenters. The van der Waals surface area contributed by atoms with E-state index in [4.69, 9.17) is 18.9 Å². The van der Waals surface area contributed by atoms with E-state index in [9.17, 15) is 0 Å². The van der Waals surface area contributed by atoms with E-state index < -0.39 is 5.41 Å². The lowest BCUT2D eigenvalue weighted by Gasteiger charge is -2.35. The number of fused-ring (bicyclic) bond motifs is 1. The second kappa shape index (κ2) is 14.7. The molecule has 0 aromatic heterocycles. The van der Waals surface area contributed by atoms with Crippen LogP contribution in [-0.2, 0) is 10.8 Å². The zero-order valence-corrected chi connectivity index (χ0v) is 30.3. The van der Waals surface area contributed by atoms with Crippen molar-refractivity contribution in [3.05, 3.63) is 172 Å². The molecular weight excluding hydrogens is 617 g/mol. The van der Waals surface area contributed by atoms with E-state index in [2.05, 4.69) is 144 Å². The minimum absolute atomic E-state index is 0.146. The molecular formula is C46H48O4. The fraction of sp³-hybridized carbons (Fsp3) is 0.261. The van der Waals surface area contributed by atoms with E-state index >= 15 is 0 Å². The summed E-state index contributed by atoms with van der Waals surface area (Å²) >= 11 is 0. The Morgan fingerprint density at radius 1 is 0.600 bits per heavy atom. The summed E-state index contributed by atoms with van der Waals surface area (Å²) in [6.45, 7) is 12.0. The van der Waals surface area contributed by atoms with Crippen LogP contribution in [0.25, 0.3) is 5.57 Å². The molecule has 5 aromatic rings. The monoisotopic (exact) mass is 664 g/mol. The third kappa shape index (κ3) is 6.43. The largest absolute Gasteiger partial charge is 0.497 e. The van der Waals surface area contributed by atoms with E-state index in [0.717, 1.165) is 23.0 Å². The van der Waals surface area contributed by atoms with Gasteiger partial charge >= 0.3 is 0 Å². The number of allylic oxidation sites excluding steroid dienone is 4. The minimum Gasteiger partial charge on any atom is -0.497 e. The van der Waals surface area contributed by atoms with Gasteiger partial charge in [0.25, 0.3) is 0 Å². The first-order valence-electron chi connectivity index (χ1n) is 17.5. The van der Waals surface area contributed by atoms with Gasteiger partial charge in [0.1, 0.15) is 36.2 Å². The lowest BCUT2D eigenvalue weighted by molar-refractivity contribution is 0.217. The highest BCUT2D eigenvalue weighted by atomic mass is 16.5. The number of hydrogen-bond donors (Lipinski definition) is 0. The molecule has 0 spiro atoms. The first-order valence-corrected chi connectivity index (χ1v) is 17.5. The van der Waals surface area contributed by atoms with Crippen LogP contribution in [0.2, 0.25) is 0 Å². The summed E-state index contributed by atoms with van der Waals surface area (Å²) in [7, 11) is 3.40. The van der Waals surface area contributed by atoms with Crippen LogP contribution in [-0.4, -0.2) is 27.4 Å². The van der Waals surface area contributed by atoms with Gasteiger partial charge in [-0.2, -0.15) is 0 Å². The quantitative estimate of drug-likeness (QED) is 0.117. The Hall–Kier alpha value is -5.22. The smallest absolute Gasteiger partial charge is 0.122 e. The minimum atomic E-state index is -0.481. The highest BCUT2D eigenvalue weighted by molar-refractivity contribution is 5.88. The van der Waals surface area contributed by atoms with E-state index in [1.54, 1.807) is 14.2 Å². The number of methoxy groups -OCH3 is 2. The summed E-state index contributed by atoms with van der Waals surface area (Å²) in [5.41, 5.74) is 9.51. The lowest BCUT2D eigenvalue weighted by Crippen LogP contribution is -2.29. The maximum atomic E-state index is 6.19. The van der Waals surface area contributed by atoms with E-state index in [-0.39, 0.29) is 5.41 Å². The first kappa shape index (κ1) is 34.6. The van der Waals surface area contributed by atoms with Crippen LogP contribution in [0.3, 0.4) is 0 Å². The Labute approximate surface area is 298 Å². The predicted octanol–water partition coefficient (Wildman–Crippen LogP) is 10.8. The highest BCUT2D eigenvalue weighted by Gasteiger charge is 2.47.